The number of benzene rings is 2. The second-order valence-electron chi connectivity index (χ2n) is 9.29. The molecule has 3 N–H and O–H groups in total. The summed E-state index contributed by atoms with van der Waals surface area (Å²) in [7, 11) is -5.92. The fourth-order valence-electron chi connectivity index (χ4n) is 4.65. The van der Waals surface area contributed by atoms with Gasteiger partial charge in [0.2, 0.25) is 20.0 Å². The molecule has 2 aromatic carbocycles. The van der Waals surface area contributed by atoms with Gasteiger partial charge in [-0.2, -0.15) is 4.31 Å². The lowest BCUT2D eigenvalue weighted by Crippen LogP contribution is -2.47. The Kier molecular flexibility index (Phi) is 8.81. The number of aliphatic hydroxyl groups is 1. The smallest absolute Gasteiger partial charge is 0.244 e. The summed E-state index contributed by atoms with van der Waals surface area (Å²) in [5, 5.41) is 13.9. The van der Waals surface area contributed by atoms with Crippen LogP contribution in [-0.4, -0.2) is 83.9 Å². The highest BCUT2D eigenvalue weighted by molar-refractivity contribution is 7.89. The summed E-state index contributed by atoms with van der Waals surface area (Å²) in [5.41, 5.74) is -0.398. The molecule has 1 spiro atoms. The van der Waals surface area contributed by atoms with Gasteiger partial charge in [0.05, 0.1) is 22.1 Å². The van der Waals surface area contributed by atoms with Crippen LogP contribution in [0, 0.1) is 0 Å². The maximum absolute atomic E-state index is 13.0. The molecule has 2 aliphatic rings. The fourth-order valence-corrected chi connectivity index (χ4v) is 7.35. The Bertz CT molecular complexity index is 1300. The average Bonchev–Trinajstić information content (AvgIpc) is 3.29. The lowest BCUT2D eigenvalue weighted by Gasteiger charge is -2.38. The number of aliphatic hydroxyl groups excluding tert-OH is 1. The van der Waals surface area contributed by atoms with Crippen LogP contribution in [0.3, 0.4) is 0 Å². The van der Waals surface area contributed by atoms with Crippen molar-refractivity contribution in [3.05, 3.63) is 53.6 Å². The summed E-state index contributed by atoms with van der Waals surface area (Å²) in [6, 6.07) is 12.5. The third-order valence-electron chi connectivity index (χ3n) is 6.77. The van der Waals surface area contributed by atoms with Gasteiger partial charge in [-0.15, -0.1) is 0 Å². The number of piperidine rings is 1. The van der Waals surface area contributed by atoms with Gasteiger partial charge in [0.15, 0.2) is 0 Å². The molecule has 2 aliphatic heterocycles. The van der Waals surface area contributed by atoms with Gasteiger partial charge < -0.3 is 19.9 Å². The summed E-state index contributed by atoms with van der Waals surface area (Å²) < 4.78 is 65.3. The minimum absolute atomic E-state index is 0.0103. The second-order valence-corrected chi connectivity index (χ2v) is 13.5. The molecule has 2 atom stereocenters. The Hall–Kier alpha value is -1.77. The van der Waals surface area contributed by atoms with Crippen molar-refractivity contribution in [1.82, 2.24) is 14.3 Å². The molecule has 0 amide bonds. The number of hydrogen-bond acceptors (Lipinski definition) is 8. The Labute approximate surface area is 223 Å². The molecule has 10 nitrogen and oxygen atoms in total. The van der Waals surface area contributed by atoms with E-state index in [1.165, 1.54) is 29.6 Å². The maximum atomic E-state index is 13.0. The highest BCUT2D eigenvalue weighted by Gasteiger charge is 2.45. The summed E-state index contributed by atoms with van der Waals surface area (Å²) in [6.07, 6.45) is 1.05. The first kappa shape index (κ1) is 28.2. The lowest BCUT2D eigenvalue weighted by molar-refractivity contribution is -0.0312. The van der Waals surface area contributed by atoms with Crippen molar-refractivity contribution in [2.45, 2.75) is 46.8 Å². The van der Waals surface area contributed by atoms with E-state index in [1.807, 2.05) is 0 Å². The Morgan fingerprint density at radius 3 is 2.59 bits per heavy atom. The van der Waals surface area contributed by atoms with Crippen LogP contribution < -0.4 is 14.8 Å². The molecule has 2 heterocycles. The van der Waals surface area contributed by atoms with E-state index in [9.17, 15) is 21.9 Å². The van der Waals surface area contributed by atoms with Crippen molar-refractivity contribution in [1.29, 1.82) is 0 Å². The van der Waals surface area contributed by atoms with Crippen molar-refractivity contribution in [2.24, 2.45) is 0 Å². The molecular formula is C24H32ClN3O7S2. The molecule has 0 aliphatic carbocycles. The molecule has 2 saturated heterocycles. The Morgan fingerprint density at radius 1 is 1.16 bits per heavy atom. The Morgan fingerprint density at radius 2 is 1.89 bits per heavy atom. The fraction of sp³-hybridized carbons (Fsp3) is 0.500. The lowest BCUT2D eigenvalue weighted by atomic mass is 9.88. The largest absolute Gasteiger partial charge is 0.491 e. The van der Waals surface area contributed by atoms with Crippen molar-refractivity contribution in [2.75, 3.05) is 39.9 Å². The number of sulfonamides is 2. The third-order valence-corrected chi connectivity index (χ3v) is 10.6. The normalized spacial score (nSPS) is 21.2. The molecule has 0 saturated carbocycles. The SMILES string of the molecule is CNS(=O)(=O)c1cccc(OCC(O)CNC2COC3(CCN(S(=O)(=O)c4ccccc4Cl)CC3)C2)c1. The quantitative estimate of drug-likeness (QED) is 0.390. The van der Waals surface area contributed by atoms with E-state index < -0.39 is 31.8 Å². The molecule has 13 heteroatoms. The molecule has 204 valence electrons. The zero-order valence-corrected chi connectivity index (χ0v) is 22.9. The van der Waals surface area contributed by atoms with E-state index in [0.29, 0.717) is 44.7 Å². The predicted molar refractivity (Wildman–Crippen MR) is 139 cm³/mol. The number of hydrogen-bond donors (Lipinski definition) is 3. The minimum atomic E-state index is -3.67. The van der Waals surface area contributed by atoms with E-state index in [2.05, 4.69) is 10.0 Å². The second kappa shape index (κ2) is 11.5. The van der Waals surface area contributed by atoms with E-state index in [1.54, 1.807) is 30.3 Å². The minimum Gasteiger partial charge on any atom is -0.491 e. The highest BCUT2D eigenvalue weighted by Crippen LogP contribution is 2.38. The van der Waals surface area contributed by atoms with Crippen LogP contribution >= 0.6 is 11.6 Å². The molecular weight excluding hydrogens is 542 g/mol. The topological polar surface area (TPSA) is 134 Å². The van der Waals surface area contributed by atoms with Crippen LogP contribution in [0.4, 0.5) is 0 Å². The highest BCUT2D eigenvalue weighted by atomic mass is 35.5. The van der Waals surface area contributed by atoms with E-state index in [0.717, 1.165) is 0 Å². The maximum Gasteiger partial charge on any atom is 0.244 e. The van der Waals surface area contributed by atoms with Gasteiger partial charge in [-0.25, -0.2) is 21.6 Å². The zero-order chi connectivity index (χ0) is 26.7. The van der Waals surface area contributed by atoms with Gasteiger partial charge >= 0.3 is 0 Å². The summed E-state index contributed by atoms with van der Waals surface area (Å²) in [4.78, 5) is 0.199. The first-order chi connectivity index (χ1) is 17.5. The van der Waals surface area contributed by atoms with Crippen LogP contribution in [0.5, 0.6) is 5.75 Å². The van der Waals surface area contributed by atoms with Crippen molar-refractivity contribution in [3.8, 4) is 5.75 Å². The number of ether oxygens (including phenoxy) is 2. The molecule has 0 bridgehead atoms. The number of halogens is 1. The van der Waals surface area contributed by atoms with Crippen LogP contribution in [0.25, 0.3) is 0 Å². The number of nitrogens with one attached hydrogen (secondary N) is 2. The van der Waals surface area contributed by atoms with E-state index >= 15 is 0 Å². The molecule has 0 aromatic heterocycles. The van der Waals surface area contributed by atoms with E-state index in [4.69, 9.17) is 21.1 Å². The molecule has 2 aromatic rings. The van der Waals surface area contributed by atoms with Crippen LogP contribution in [-0.2, 0) is 24.8 Å². The van der Waals surface area contributed by atoms with Crippen LogP contribution in [0.1, 0.15) is 19.3 Å². The standard InChI is InChI=1S/C24H32ClN3O7S2/c1-26-36(30,31)21-6-4-5-20(13-21)34-17-19(29)15-27-18-14-24(35-16-18)9-11-28(12-10-24)37(32,33)23-8-3-2-7-22(23)25/h2-8,13,18-19,26-27,29H,9-12,14-17H2,1H3. The van der Waals surface area contributed by atoms with Gasteiger partial charge in [0, 0.05) is 31.7 Å². The van der Waals surface area contributed by atoms with Crippen molar-refractivity contribution < 1.29 is 31.4 Å². The van der Waals surface area contributed by atoms with Gasteiger partial charge in [-0.3, -0.25) is 0 Å². The average molecular weight is 574 g/mol. The van der Waals surface area contributed by atoms with Crippen molar-refractivity contribution >= 4 is 31.6 Å². The molecule has 2 unspecified atom stereocenters. The van der Waals surface area contributed by atoms with Crippen LogP contribution in [0.15, 0.2) is 58.3 Å². The molecule has 4 rings (SSSR count). The number of rotatable bonds is 10. The van der Waals surface area contributed by atoms with Gasteiger partial charge in [0.1, 0.15) is 23.4 Å². The first-order valence-corrected chi connectivity index (χ1v) is 15.3. The predicted octanol–water partition coefficient (Wildman–Crippen LogP) is 1.59. The number of nitrogens with zero attached hydrogens (tertiary/aromatic N) is 1. The van der Waals surface area contributed by atoms with Gasteiger partial charge in [0.25, 0.3) is 0 Å². The molecule has 0 radical (unpaired) electrons. The van der Waals surface area contributed by atoms with Crippen molar-refractivity contribution in [3.63, 3.8) is 0 Å². The Balaban J connectivity index is 1.23. The first-order valence-electron chi connectivity index (χ1n) is 12.0. The zero-order valence-electron chi connectivity index (χ0n) is 20.5. The summed E-state index contributed by atoms with van der Waals surface area (Å²) in [6.45, 7) is 1.42. The van der Waals surface area contributed by atoms with Gasteiger partial charge in [-0.1, -0.05) is 29.8 Å². The van der Waals surface area contributed by atoms with E-state index in [-0.39, 0.29) is 34.0 Å². The summed E-state index contributed by atoms with van der Waals surface area (Å²) >= 11 is 6.12. The monoisotopic (exact) mass is 573 g/mol. The molecule has 2 fully saturated rings. The molecule has 37 heavy (non-hydrogen) atoms. The van der Waals surface area contributed by atoms with Crippen LogP contribution in [0.2, 0.25) is 5.02 Å². The van der Waals surface area contributed by atoms with Gasteiger partial charge in [-0.05, 0) is 50.6 Å². The third kappa shape index (κ3) is 6.63. The summed E-state index contributed by atoms with van der Waals surface area (Å²) in [5.74, 6) is 0.344.